The average Bonchev–Trinajstić information content (AvgIpc) is 3.32. The van der Waals surface area contributed by atoms with Gasteiger partial charge in [-0.1, -0.05) is 23.7 Å². The van der Waals surface area contributed by atoms with Gasteiger partial charge in [0.2, 0.25) is 0 Å². The fraction of sp³-hybridized carbons (Fsp3) is 0.471. The summed E-state index contributed by atoms with van der Waals surface area (Å²) in [5.74, 6) is 2.71. The van der Waals surface area contributed by atoms with Crippen LogP contribution in [0.2, 0.25) is 5.02 Å². The van der Waals surface area contributed by atoms with E-state index in [1.807, 2.05) is 12.1 Å². The third-order valence-corrected chi connectivity index (χ3v) is 4.20. The number of nitrogens with zero attached hydrogens (tertiary/aromatic N) is 2. The number of halogens is 1. The molecule has 0 saturated heterocycles. The van der Waals surface area contributed by atoms with E-state index in [4.69, 9.17) is 16.3 Å². The van der Waals surface area contributed by atoms with Crippen LogP contribution >= 0.6 is 11.6 Å². The lowest BCUT2D eigenvalue weighted by Gasteiger charge is -2.15. The SMILES string of the molecule is CC(Oc1ccccc1Cl)C(=O)NCCCc1nc(C2CC2)n[nH]1. The van der Waals surface area contributed by atoms with Crippen LogP contribution in [0, 0.1) is 0 Å². The largest absolute Gasteiger partial charge is 0.479 e. The highest BCUT2D eigenvalue weighted by atomic mass is 35.5. The van der Waals surface area contributed by atoms with E-state index in [1.54, 1.807) is 19.1 Å². The van der Waals surface area contributed by atoms with Crippen LogP contribution in [0.5, 0.6) is 5.75 Å². The molecular weight excluding hydrogens is 328 g/mol. The van der Waals surface area contributed by atoms with E-state index >= 15 is 0 Å². The summed E-state index contributed by atoms with van der Waals surface area (Å²) >= 11 is 6.02. The van der Waals surface area contributed by atoms with Crippen LogP contribution in [-0.4, -0.2) is 33.7 Å². The molecule has 24 heavy (non-hydrogen) atoms. The Hall–Kier alpha value is -2.08. The summed E-state index contributed by atoms with van der Waals surface area (Å²) in [6.45, 7) is 2.27. The number of amides is 1. The maximum Gasteiger partial charge on any atom is 0.260 e. The molecule has 2 N–H and O–H groups in total. The quantitative estimate of drug-likeness (QED) is 0.719. The van der Waals surface area contributed by atoms with Gasteiger partial charge in [0.05, 0.1) is 5.02 Å². The third kappa shape index (κ3) is 4.47. The maximum absolute atomic E-state index is 12.1. The molecule has 0 spiro atoms. The molecule has 1 unspecified atom stereocenters. The zero-order chi connectivity index (χ0) is 16.9. The Morgan fingerprint density at radius 1 is 1.46 bits per heavy atom. The number of carbonyl (C=O) groups excluding carboxylic acids is 1. The van der Waals surface area contributed by atoms with E-state index in [9.17, 15) is 4.79 Å². The standard InChI is InChI=1S/C17H21ClN4O2/c1-11(24-14-6-3-2-5-13(14)18)17(23)19-10-4-7-15-20-16(22-21-15)12-8-9-12/h2-3,5-6,11-12H,4,7-10H2,1H3,(H,19,23)(H,20,21,22). The van der Waals surface area contributed by atoms with E-state index < -0.39 is 6.10 Å². The summed E-state index contributed by atoms with van der Waals surface area (Å²) < 4.78 is 5.59. The first-order valence-corrected chi connectivity index (χ1v) is 8.61. The molecule has 3 rings (SSSR count). The second kappa shape index (κ2) is 7.66. The molecule has 1 fully saturated rings. The fourth-order valence-electron chi connectivity index (χ4n) is 2.34. The minimum absolute atomic E-state index is 0.161. The van der Waals surface area contributed by atoms with E-state index in [0.717, 1.165) is 24.5 Å². The van der Waals surface area contributed by atoms with Crippen molar-refractivity contribution in [1.29, 1.82) is 0 Å². The minimum Gasteiger partial charge on any atom is -0.479 e. The Balaban J connectivity index is 1.37. The minimum atomic E-state index is -0.600. The summed E-state index contributed by atoms with van der Waals surface area (Å²) in [7, 11) is 0. The topological polar surface area (TPSA) is 79.9 Å². The van der Waals surface area contributed by atoms with Crippen LogP contribution in [0.1, 0.15) is 43.8 Å². The van der Waals surface area contributed by atoms with Crippen molar-refractivity contribution < 1.29 is 9.53 Å². The van der Waals surface area contributed by atoms with E-state index in [0.29, 0.717) is 23.2 Å². The van der Waals surface area contributed by atoms with Crippen molar-refractivity contribution in [2.45, 2.75) is 44.6 Å². The van der Waals surface area contributed by atoms with E-state index in [2.05, 4.69) is 20.5 Å². The number of benzene rings is 1. The molecule has 6 nitrogen and oxygen atoms in total. The number of aromatic amines is 1. The second-order valence-electron chi connectivity index (χ2n) is 6.00. The van der Waals surface area contributed by atoms with Crippen LogP contribution in [0.25, 0.3) is 0 Å². The van der Waals surface area contributed by atoms with Gasteiger partial charge in [-0.3, -0.25) is 9.89 Å². The number of para-hydroxylation sites is 1. The zero-order valence-corrected chi connectivity index (χ0v) is 14.3. The average molecular weight is 349 g/mol. The van der Waals surface area contributed by atoms with Crippen molar-refractivity contribution in [1.82, 2.24) is 20.5 Å². The predicted octanol–water partition coefficient (Wildman–Crippen LogP) is 2.85. The van der Waals surface area contributed by atoms with Gasteiger partial charge < -0.3 is 10.1 Å². The van der Waals surface area contributed by atoms with Gasteiger partial charge in [-0.25, -0.2) is 4.98 Å². The van der Waals surface area contributed by atoms with Gasteiger partial charge in [-0.2, -0.15) is 5.10 Å². The molecule has 128 valence electrons. The molecule has 1 amide bonds. The van der Waals surface area contributed by atoms with Crippen LogP contribution in [0.15, 0.2) is 24.3 Å². The number of ether oxygens (including phenoxy) is 1. The first-order valence-electron chi connectivity index (χ1n) is 8.23. The molecular formula is C17H21ClN4O2. The Bertz CT molecular complexity index is 699. The van der Waals surface area contributed by atoms with Crippen LogP contribution in [0.4, 0.5) is 0 Å². The first kappa shape index (κ1) is 16.8. The van der Waals surface area contributed by atoms with Gasteiger partial charge in [-0.05, 0) is 38.3 Å². The molecule has 1 aliphatic rings. The Morgan fingerprint density at radius 3 is 3.00 bits per heavy atom. The van der Waals surface area contributed by atoms with Crippen LogP contribution in [-0.2, 0) is 11.2 Å². The summed E-state index contributed by atoms with van der Waals surface area (Å²) in [4.78, 5) is 16.5. The van der Waals surface area contributed by atoms with Crippen LogP contribution in [0.3, 0.4) is 0 Å². The highest BCUT2D eigenvalue weighted by Crippen LogP contribution is 2.37. The van der Waals surface area contributed by atoms with Crippen molar-refractivity contribution >= 4 is 17.5 Å². The fourth-order valence-corrected chi connectivity index (χ4v) is 2.52. The Morgan fingerprint density at radius 2 is 2.25 bits per heavy atom. The normalized spacial score (nSPS) is 15.1. The third-order valence-electron chi connectivity index (χ3n) is 3.89. The van der Waals surface area contributed by atoms with Crippen molar-refractivity contribution in [2.75, 3.05) is 6.54 Å². The molecule has 1 saturated carbocycles. The number of nitrogens with one attached hydrogen (secondary N) is 2. The predicted molar refractivity (Wildman–Crippen MR) is 91.2 cm³/mol. The van der Waals surface area contributed by atoms with Gasteiger partial charge in [0.15, 0.2) is 11.9 Å². The molecule has 0 radical (unpaired) electrons. The highest BCUT2D eigenvalue weighted by Gasteiger charge is 2.27. The second-order valence-corrected chi connectivity index (χ2v) is 6.41. The number of hydrogen-bond acceptors (Lipinski definition) is 4. The molecule has 1 aromatic heterocycles. The molecule has 7 heteroatoms. The summed E-state index contributed by atoms with van der Waals surface area (Å²) in [5, 5.41) is 10.5. The Kier molecular flexibility index (Phi) is 5.35. The molecule has 1 aromatic carbocycles. The lowest BCUT2D eigenvalue weighted by molar-refractivity contribution is -0.127. The maximum atomic E-state index is 12.1. The van der Waals surface area contributed by atoms with E-state index in [1.165, 1.54) is 12.8 Å². The van der Waals surface area contributed by atoms with Crippen molar-refractivity contribution in [3.05, 3.63) is 40.9 Å². The molecule has 0 bridgehead atoms. The number of H-pyrrole nitrogens is 1. The Labute approximate surface area is 146 Å². The number of aromatic nitrogens is 3. The van der Waals surface area contributed by atoms with Crippen molar-refractivity contribution in [3.63, 3.8) is 0 Å². The first-order chi connectivity index (χ1) is 11.6. The lowest BCUT2D eigenvalue weighted by Crippen LogP contribution is -2.37. The van der Waals surface area contributed by atoms with Gasteiger partial charge in [0.25, 0.3) is 5.91 Å². The molecule has 1 heterocycles. The van der Waals surface area contributed by atoms with Gasteiger partial charge in [0.1, 0.15) is 11.6 Å². The van der Waals surface area contributed by atoms with Crippen LogP contribution < -0.4 is 10.1 Å². The number of aryl methyl sites for hydroxylation is 1. The van der Waals surface area contributed by atoms with Gasteiger partial charge in [-0.15, -0.1) is 0 Å². The number of rotatable bonds is 8. The van der Waals surface area contributed by atoms with Crippen molar-refractivity contribution in [2.24, 2.45) is 0 Å². The summed E-state index contributed by atoms with van der Waals surface area (Å²) in [6.07, 6.45) is 3.34. The molecule has 1 aliphatic carbocycles. The number of hydrogen-bond donors (Lipinski definition) is 2. The molecule has 0 aliphatic heterocycles. The van der Waals surface area contributed by atoms with Crippen molar-refractivity contribution in [3.8, 4) is 5.75 Å². The highest BCUT2D eigenvalue weighted by molar-refractivity contribution is 6.32. The number of carbonyl (C=O) groups is 1. The summed E-state index contributed by atoms with van der Waals surface area (Å²) in [6, 6.07) is 7.11. The smallest absolute Gasteiger partial charge is 0.260 e. The molecule has 1 atom stereocenters. The van der Waals surface area contributed by atoms with Gasteiger partial charge in [0, 0.05) is 18.9 Å². The monoisotopic (exact) mass is 348 g/mol. The van der Waals surface area contributed by atoms with E-state index in [-0.39, 0.29) is 5.91 Å². The summed E-state index contributed by atoms with van der Waals surface area (Å²) in [5.41, 5.74) is 0. The molecule has 2 aromatic rings. The van der Waals surface area contributed by atoms with Gasteiger partial charge >= 0.3 is 0 Å². The lowest BCUT2D eigenvalue weighted by atomic mass is 10.3. The zero-order valence-electron chi connectivity index (χ0n) is 13.6.